The van der Waals surface area contributed by atoms with Crippen LogP contribution >= 0.6 is 0 Å². The highest BCUT2D eigenvalue weighted by Gasteiger charge is 2.15. The van der Waals surface area contributed by atoms with Crippen LogP contribution in [0.15, 0.2) is 54.7 Å². The van der Waals surface area contributed by atoms with E-state index in [-0.39, 0.29) is 0 Å². The van der Waals surface area contributed by atoms with E-state index in [0.29, 0.717) is 12.0 Å². The maximum Gasteiger partial charge on any atom is 0.227 e. The first-order valence-corrected chi connectivity index (χ1v) is 13.3. The summed E-state index contributed by atoms with van der Waals surface area (Å²) in [5, 5.41) is 7.20. The van der Waals surface area contributed by atoms with Crippen molar-refractivity contribution in [3.05, 3.63) is 65.9 Å². The lowest BCUT2D eigenvalue weighted by molar-refractivity contribution is 0.122. The number of ether oxygens (including phenoxy) is 1. The van der Waals surface area contributed by atoms with Crippen LogP contribution in [0, 0.1) is 0 Å². The van der Waals surface area contributed by atoms with Crippen molar-refractivity contribution in [1.29, 1.82) is 0 Å². The Labute approximate surface area is 221 Å². The van der Waals surface area contributed by atoms with Crippen LogP contribution in [0.25, 0.3) is 11.3 Å². The number of hydrogen-bond acceptors (Lipinski definition) is 8. The summed E-state index contributed by atoms with van der Waals surface area (Å²) in [7, 11) is 3.70. The molecule has 8 nitrogen and oxygen atoms in total. The zero-order valence-electron chi connectivity index (χ0n) is 22.4. The van der Waals surface area contributed by atoms with E-state index in [1.165, 1.54) is 23.9 Å². The topological polar surface area (TPSA) is 91.6 Å². The van der Waals surface area contributed by atoms with Crippen LogP contribution in [-0.2, 0) is 17.7 Å². The van der Waals surface area contributed by atoms with Crippen molar-refractivity contribution in [3.8, 4) is 11.3 Å². The molecular formula is C29H41N7O. The fourth-order valence-corrected chi connectivity index (χ4v) is 4.87. The van der Waals surface area contributed by atoms with E-state index in [1.54, 1.807) is 0 Å². The molecule has 0 amide bonds. The zero-order valence-corrected chi connectivity index (χ0v) is 22.4. The lowest BCUT2D eigenvalue weighted by atomic mass is 10.0. The Bertz CT molecular complexity index is 1120. The summed E-state index contributed by atoms with van der Waals surface area (Å²) in [6, 6.07) is 17.8. The maximum atomic E-state index is 5.58. The predicted octanol–water partition coefficient (Wildman–Crippen LogP) is 3.65. The third-order valence-corrected chi connectivity index (χ3v) is 6.72. The molecule has 1 saturated heterocycles. The molecule has 0 radical (unpaired) electrons. The first-order chi connectivity index (χ1) is 18.1. The molecule has 1 unspecified atom stereocenters. The number of benzene rings is 2. The number of nitrogens with one attached hydrogen (secondary N) is 2. The van der Waals surface area contributed by atoms with Crippen molar-refractivity contribution < 1.29 is 4.74 Å². The number of nitrogens with two attached hydrogens (primary N) is 1. The first-order valence-electron chi connectivity index (χ1n) is 13.3. The Morgan fingerprint density at radius 3 is 2.54 bits per heavy atom. The van der Waals surface area contributed by atoms with Crippen molar-refractivity contribution in [2.75, 3.05) is 63.7 Å². The normalized spacial score (nSPS) is 19.0. The van der Waals surface area contributed by atoms with E-state index in [9.17, 15) is 0 Å². The molecule has 1 fully saturated rings. The molecule has 3 aromatic rings. The number of fused-ring (bicyclic) bond motifs is 9. The third-order valence-electron chi connectivity index (χ3n) is 6.72. The van der Waals surface area contributed by atoms with Crippen LogP contribution in [0.1, 0.15) is 24.5 Å². The van der Waals surface area contributed by atoms with E-state index < -0.39 is 0 Å². The molecule has 6 bridgehead atoms. The number of rotatable bonds is 1. The molecule has 0 aliphatic carbocycles. The molecule has 2 aromatic carbocycles. The second-order valence-electron chi connectivity index (χ2n) is 9.73. The Morgan fingerprint density at radius 1 is 0.973 bits per heavy atom. The molecular weight excluding hydrogens is 462 g/mol. The molecule has 0 saturated carbocycles. The number of hydrogen-bond donors (Lipinski definition) is 3. The summed E-state index contributed by atoms with van der Waals surface area (Å²) in [4.78, 5) is 14.1. The standard InChI is InChI=1S/C28H36N6O.CH5N/c1-21-16-23-17-25(19-26(18-23)34-12-14-35-15-13-34)31-28-30-10-8-27(32-28)24-6-4-22(5-7-24)20-33(2)11-3-9-29-21;1-2/h4-8,10,17-19,21,29H,3,9,11-16,20H2,1-2H3,(H,30,31,32);2H2,1H3. The maximum absolute atomic E-state index is 5.58. The number of morpholine rings is 1. The summed E-state index contributed by atoms with van der Waals surface area (Å²) in [6.45, 7) is 8.65. The van der Waals surface area contributed by atoms with Crippen LogP contribution in [0.4, 0.5) is 17.3 Å². The summed E-state index contributed by atoms with van der Waals surface area (Å²) in [6.07, 6.45) is 3.92. The summed E-state index contributed by atoms with van der Waals surface area (Å²) in [5.74, 6) is 0.612. The van der Waals surface area contributed by atoms with Crippen LogP contribution < -0.4 is 21.3 Å². The number of aromatic nitrogens is 2. The van der Waals surface area contributed by atoms with Gasteiger partial charge in [0, 0.05) is 48.8 Å². The van der Waals surface area contributed by atoms with E-state index in [4.69, 9.17) is 9.72 Å². The van der Waals surface area contributed by atoms with Gasteiger partial charge in [-0.15, -0.1) is 0 Å². The molecule has 1 aromatic heterocycles. The summed E-state index contributed by atoms with van der Waals surface area (Å²) >= 11 is 0. The van der Waals surface area contributed by atoms with Gasteiger partial charge >= 0.3 is 0 Å². The van der Waals surface area contributed by atoms with Crippen LogP contribution in [-0.4, -0.2) is 74.4 Å². The highest BCUT2D eigenvalue weighted by atomic mass is 16.5. The van der Waals surface area contributed by atoms with Crippen LogP contribution in [0.5, 0.6) is 0 Å². The molecule has 3 aliphatic rings. The van der Waals surface area contributed by atoms with Gasteiger partial charge in [0.25, 0.3) is 0 Å². The Kier molecular flexibility index (Phi) is 9.85. The van der Waals surface area contributed by atoms with Crippen molar-refractivity contribution in [2.24, 2.45) is 5.73 Å². The number of anilines is 3. The molecule has 4 N–H and O–H groups in total. The molecule has 4 heterocycles. The Hall–Kier alpha value is -3.04. The third kappa shape index (κ3) is 7.72. The molecule has 8 heteroatoms. The second-order valence-corrected chi connectivity index (χ2v) is 9.73. The predicted molar refractivity (Wildman–Crippen MR) is 152 cm³/mol. The van der Waals surface area contributed by atoms with Gasteiger partial charge in [-0.25, -0.2) is 9.97 Å². The average molecular weight is 504 g/mol. The SMILES string of the molecule is CC1Cc2cc(cc(N3CCOCC3)c2)Nc2nccc(n2)-c2ccc(cc2)CN(C)CCCN1.CN. The van der Waals surface area contributed by atoms with Gasteiger partial charge in [-0.05, 0) is 82.3 Å². The summed E-state index contributed by atoms with van der Waals surface area (Å²) < 4.78 is 5.58. The van der Waals surface area contributed by atoms with Gasteiger partial charge in [0.15, 0.2) is 0 Å². The minimum Gasteiger partial charge on any atom is -0.378 e. The Balaban J connectivity index is 0.00000156. The molecule has 198 valence electrons. The fourth-order valence-electron chi connectivity index (χ4n) is 4.87. The largest absolute Gasteiger partial charge is 0.378 e. The quantitative estimate of drug-likeness (QED) is 0.464. The highest BCUT2D eigenvalue weighted by molar-refractivity contribution is 5.66. The van der Waals surface area contributed by atoms with E-state index in [0.717, 1.165) is 75.7 Å². The molecule has 1 atom stereocenters. The minimum atomic E-state index is 0.391. The zero-order chi connectivity index (χ0) is 26.0. The number of nitrogens with zero attached hydrogens (tertiary/aromatic N) is 4. The average Bonchev–Trinajstić information content (AvgIpc) is 2.93. The van der Waals surface area contributed by atoms with Gasteiger partial charge in [-0.2, -0.15) is 0 Å². The van der Waals surface area contributed by atoms with Crippen LogP contribution in [0.3, 0.4) is 0 Å². The first kappa shape index (κ1) is 27.0. The van der Waals surface area contributed by atoms with Gasteiger partial charge in [0.2, 0.25) is 5.95 Å². The second kappa shape index (κ2) is 13.5. The van der Waals surface area contributed by atoms with Crippen molar-refractivity contribution in [1.82, 2.24) is 20.2 Å². The molecule has 6 rings (SSSR count). The molecule has 0 spiro atoms. The van der Waals surface area contributed by atoms with Gasteiger partial charge in [-0.3, -0.25) is 0 Å². The van der Waals surface area contributed by atoms with E-state index >= 15 is 0 Å². The fraction of sp³-hybridized carbons (Fsp3) is 0.448. The van der Waals surface area contributed by atoms with Gasteiger partial charge in [0.1, 0.15) is 0 Å². The van der Waals surface area contributed by atoms with Gasteiger partial charge in [0.05, 0.1) is 18.9 Å². The monoisotopic (exact) mass is 503 g/mol. The molecule has 3 aliphatic heterocycles. The lowest BCUT2D eigenvalue weighted by Gasteiger charge is -2.30. The van der Waals surface area contributed by atoms with Crippen molar-refractivity contribution in [2.45, 2.75) is 32.4 Å². The highest BCUT2D eigenvalue weighted by Crippen LogP contribution is 2.27. The van der Waals surface area contributed by atoms with Gasteiger partial charge in [-0.1, -0.05) is 24.3 Å². The van der Waals surface area contributed by atoms with Gasteiger partial charge < -0.3 is 30.9 Å². The van der Waals surface area contributed by atoms with Crippen LogP contribution in [0.2, 0.25) is 0 Å². The summed E-state index contributed by atoms with van der Waals surface area (Å²) in [5.41, 5.74) is 11.4. The smallest absolute Gasteiger partial charge is 0.227 e. The van der Waals surface area contributed by atoms with Crippen molar-refractivity contribution >= 4 is 17.3 Å². The van der Waals surface area contributed by atoms with E-state index in [2.05, 4.69) is 87.6 Å². The lowest BCUT2D eigenvalue weighted by Crippen LogP contribution is -2.36. The van der Waals surface area contributed by atoms with E-state index in [1.807, 2.05) is 12.3 Å². The molecule has 37 heavy (non-hydrogen) atoms. The Morgan fingerprint density at radius 2 is 1.76 bits per heavy atom. The minimum absolute atomic E-state index is 0.391. The van der Waals surface area contributed by atoms with Crippen molar-refractivity contribution in [3.63, 3.8) is 0 Å².